The largest absolute Gasteiger partial charge is 0.488 e. The lowest BCUT2D eigenvalue weighted by Gasteiger charge is -2.30. The second-order valence-corrected chi connectivity index (χ2v) is 11.0. The summed E-state index contributed by atoms with van der Waals surface area (Å²) in [6.45, 7) is 1.18. The Morgan fingerprint density at radius 2 is 1.89 bits per heavy atom. The van der Waals surface area contributed by atoms with E-state index in [0.717, 1.165) is 17.7 Å². The Labute approximate surface area is 254 Å². The molecule has 0 amide bonds. The van der Waals surface area contributed by atoms with Crippen LogP contribution in [0.4, 0.5) is 17.6 Å². The van der Waals surface area contributed by atoms with Gasteiger partial charge in [-0.05, 0) is 71.6 Å². The Bertz CT molecular complexity index is 1860. The second kappa shape index (κ2) is 11.9. The molecule has 0 fully saturated rings. The van der Waals surface area contributed by atoms with Crippen LogP contribution in [0, 0.1) is 5.82 Å². The predicted molar refractivity (Wildman–Crippen MR) is 155 cm³/mol. The second-order valence-electron chi connectivity index (χ2n) is 10.6. The van der Waals surface area contributed by atoms with E-state index < -0.39 is 30.1 Å². The first-order valence-corrected chi connectivity index (χ1v) is 14.1. The zero-order chi connectivity index (χ0) is 31.0. The zero-order valence-corrected chi connectivity index (χ0v) is 23.9. The highest BCUT2D eigenvalue weighted by Gasteiger charge is 2.36. The third kappa shape index (κ3) is 6.24. The van der Waals surface area contributed by atoms with Gasteiger partial charge in [-0.2, -0.15) is 13.2 Å². The number of pyridine rings is 1. The van der Waals surface area contributed by atoms with Gasteiger partial charge in [-0.25, -0.2) is 14.2 Å². The standard InChI is InChI=1S/C32H25ClF4N4O3/c33-24-5-3-22(26(34)13-24)18-44-29-12-23-16-40(9-7-20(23)10-25(29)32(35,36)37)17-30-39-27-6-4-21(31(42)43)11-28(27)41(30)15-19-2-1-8-38-14-19/h1-6,8,10-14H,7,9,15-18H2,(H,42,43). The number of benzene rings is 3. The van der Waals surface area contributed by atoms with E-state index in [-0.39, 0.29) is 21.9 Å². The van der Waals surface area contributed by atoms with Crippen LogP contribution in [0.25, 0.3) is 11.0 Å². The molecule has 7 nitrogen and oxygen atoms in total. The lowest BCUT2D eigenvalue weighted by molar-refractivity contribution is -0.139. The summed E-state index contributed by atoms with van der Waals surface area (Å²) in [5.74, 6) is -1.42. The molecule has 0 saturated heterocycles. The number of nitrogens with zero attached hydrogens (tertiary/aromatic N) is 4. The summed E-state index contributed by atoms with van der Waals surface area (Å²) in [5, 5.41) is 9.73. The van der Waals surface area contributed by atoms with Gasteiger partial charge in [0.2, 0.25) is 0 Å². The number of hydrogen-bond donors (Lipinski definition) is 1. The first-order chi connectivity index (χ1) is 21.0. The zero-order valence-electron chi connectivity index (χ0n) is 23.1. The quantitative estimate of drug-likeness (QED) is 0.185. The Kier molecular flexibility index (Phi) is 8.00. The van der Waals surface area contributed by atoms with Crippen molar-refractivity contribution in [3.8, 4) is 5.75 Å². The molecule has 0 radical (unpaired) electrons. The fourth-order valence-corrected chi connectivity index (χ4v) is 5.55. The molecule has 1 aliphatic rings. The van der Waals surface area contributed by atoms with Crippen molar-refractivity contribution in [2.75, 3.05) is 6.54 Å². The van der Waals surface area contributed by atoms with Crippen LogP contribution in [0.15, 0.2) is 73.1 Å². The van der Waals surface area contributed by atoms with Crippen molar-refractivity contribution in [3.05, 3.63) is 123 Å². The fourth-order valence-electron chi connectivity index (χ4n) is 5.39. The van der Waals surface area contributed by atoms with E-state index in [0.29, 0.717) is 60.6 Å². The number of hydrogen-bond acceptors (Lipinski definition) is 5. The first-order valence-electron chi connectivity index (χ1n) is 13.7. The molecule has 6 rings (SSSR count). The van der Waals surface area contributed by atoms with Gasteiger partial charge in [0.05, 0.1) is 35.2 Å². The fraction of sp³-hybridized carbons (Fsp3) is 0.219. The van der Waals surface area contributed by atoms with E-state index in [1.165, 1.54) is 24.3 Å². The molecule has 3 aromatic carbocycles. The minimum Gasteiger partial charge on any atom is -0.488 e. The van der Waals surface area contributed by atoms with Crippen LogP contribution in [0.1, 0.15) is 44.0 Å². The summed E-state index contributed by atoms with van der Waals surface area (Å²) in [4.78, 5) is 22.7. The maximum absolute atomic E-state index is 14.3. The number of rotatable bonds is 8. The SMILES string of the molecule is O=C(O)c1ccc2nc(CN3CCc4cc(C(F)(F)F)c(OCc5ccc(Cl)cc5F)cc4C3)n(Cc3cccnc3)c2c1. The van der Waals surface area contributed by atoms with Crippen LogP contribution >= 0.6 is 11.6 Å². The van der Waals surface area contributed by atoms with Crippen LogP contribution in [-0.2, 0) is 38.8 Å². The molecule has 3 heterocycles. The van der Waals surface area contributed by atoms with Gasteiger partial charge in [0, 0.05) is 36.1 Å². The molecule has 1 aliphatic heterocycles. The minimum atomic E-state index is -4.66. The molecular formula is C32H25ClF4N4O3. The summed E-state index contributed by atoms with van der Waals surface area (Å²) in [5.41, 5.74) is 2.72. The lowest BCUT2D eigenvalue weighted by Crippen LogP contribution is -2.31. The van der Waals surface area contributed by atoms with Gasteiger partial charge >= 0.3 is 12.1 Å². The van der Waals surface area contributed by atoms with Crippen molar-refractivity contribution in [2.24, 2.45) is 0 Å². The normalized spacial score (nSPS) is 13.7. The minimum absolute atomic E-state index is 0.0837. The number of aromatic nitrogens is 3. The number of ether oxygens (including phenoxy) is 1. The Morgan fingerprint density at radius 1 is 1.05 bits per heavy atom. The number of halogens is 5. The van der Waals surface area contributed by atoms with E-state index in [2.05, 4.69) is 9.88 Å². The van der Waals surface area contributed by atoms with E-state index in [1.54, 1.807) is 24.5 Å². The van der Waals surface area contributed by atoms with Crippen LogP contribution in [0.2, 0.25) is 5.02 Å². The van der Waals surface area contributed by atoms with Crippen molar-refractivity contribution in [2.45, 2.75) is 38.8 Å². The van der Waals surface area contributed by atoms with Gasteiger partial charge in [0.1, 0.15) is 24.0 Å². The number of aromatic carboxylic acids is 1. The molecule has 44 heavy (non-hydrogen) atoms. The van der Waals surface area contributed by atoms with Gasteiger partial charge in [-0.15, -0.1) is 0 Å². The Balaban J connectivity index is 1.30. The average Bonchev–Trinajstić information content (AvgIpc) is 3.31. The van der Waals surface area contributed by atoms with E-state index in [9.17, 15) is 27.5 Å². The molecule has 0 bridgehead atoms. The topological polar surface area (TPSA) is 80.5 Å². The number of carbonyl (C=O) groups is 1. The van der Waals surface area contributed by atoms with Crippen LogP contribution in [-0.4, -0.2) is 37.1 Å². The molecule has 0 aliphatic carbocycles. The number of carboxylic acids is 1. The van der Waals surface area contributed by atoms with E-state index in [1.807, 2.05) is 16.7 Å². The maximum Gasteiger partial charge on any atom is 0.419 e. The number of alkyl halides is 3. The number of fused-ring (bicyclic) bond motifs is 2. The molecule has 0 spiro atoms. The van der Waals surface area contributed by atoms with Crippen molar-refractivity contribution in [1.29, 1.82) is 0 Å². The van der Waals surface area contributed by atoms with Gasteiger partial charge in [-0.1, -0.05) is 23.7 Å². The summed E-state index contributed by atoms with van der Waals surface area (Å²) in [6, 6.07) is 14.9. The van der Waals surface area contributed by atoms with E-state index >= 15 is 0 Å². The molecule has 5 aromatic rings. The van der Waals surface area contributed by atoms with Crippen molar-refractivity contribution in [1.82, 2.24) is 19.4 Å². The average molecular weight is 625 g/mol. The highest BCUT2D eigenvalue weighted by molar-refractivity contribution is 6.30. The smallest absolute Gasteiger partial charge is 0.419 e. The van der Waals surface area contributed by atoms with Crippen molar-refractivity contribution >= 4 is 28.6 Å². The van der Waals surface area contributed by atoms with Gasteiger partial charge < -0.3 is 14.4 Å². The van der Waals surface area contributed by atoms with Crippen molar-refractivity contribution < 1.29 is 32.2 Å². The van der Waals surface area contributed by atoms with Crippen molar-refractivity contribution in [3.63, 3.8) is 0 Å². The maximum atomic E-state index is 14.3. The molecule has 0 atom stereocenters. The van der Waals surface area contributed by atoms with Crippen LogP contribution in [0.3, 0.4) is 0 Å². The van der Waals surface area contributed by atoms with Crippen LogP contribution in [0.5, 0.6) is 5.75 Å². The lowest BCUT2D eigenvalue weighted by atomic mass is 9.96. The highest BCUT2D eigenvalue weighted by atomic mass is 35.5. The van der Waals surface area contributed by atoms with Gasteiger partial charge in [-0.3, -0.25) is 9.88 Å². The summed E-state index contributed by atoms with van der Waals surface area (Å²) in [7, 11) is 0. The van der Waals surface area contributed by atoms with Gasteiger partial charge in [0.25, 0.3) is 0 Å². The molecular weight excluding hydrogens is 600 g/mol. The number of imidazole rings is 1. The molecule has 0 saturated carbocycles. The summed E-state index contributed by atoms with van der Waals surface area (Å²) in [6.07, 6.45) is -0.899. The third-order valence-electron chi connectivity index (χ3n) is 7.60. The Hall–Kier alpha value is -4.48. The van der Waals surface area contributed by atoms with E-state index in [4.69, 9.17) is 21.3 Å². The predicted octanol–water partition coefficient (Wildman–Crippen LogP) is 7.13. The summed E-state index contributed by atoms with van der Waals surface area (Å²) < 4.78 is 63.8. The van der Waals surface area contributed by atoms with Crippen LogP contribution < -0.4 is 4.74 Å². The highest BCUT2D eigenvalue weighted by Crippen LogP contribution is 2.40. The molecule has 226 valence electrons. The summed E-state index contributed by atoms with van der Waals surface area (Å²) >= 11 is 5.80. The Morgan fingerprint density at radius 3 is 2.61 bits per heavy atom. The third-order valence-corrected chi connectivity index (χ3v) is 7.83. The molecule has 0 unspecified atom stereocenters. The molecule has 12 heteroatoms. The molecule has 1 N–H and O–H groups in total. The monoisotopic (exact) mass is 624 g/mol. The number of carboxylic acid groups (broad SMARTS) is 1. The molecule has 2 aromatic heterocycles. The first kappa shape index (κ1) is 29.6. The van der Waals surface area contributed by atoms with Gasteiger partial charge in [0.15, 0.2) is 0 Å².